The fourth-order valence-corrected chi connectivity index (χ4v) is 2.23. The van der Waals surface area contributed by atoms with Crippen LogP contribution in [0.3, 0.4) is 0 Å². The highest BCUT2D eigenvalue weighted by Gasteiger charge is 2.03. The maximum atomic E-state index is 10.9. The minimum absolute atomic E-state index is 0.319. The van der Waals surface area contributed by atoms with Crippen LogP contribution in [-0.2, 0) is 11.2 Å². The zero-order chi connectivity index (χ0) is 15.8. The second kappa shape index (κ2) is 8.27. The molecule has 0 unspecified atom stereocenters. The molecule has 0 spiro atoms. The molecule has 0 saturated carbocycles. The molecule has 2 rings (SSSR count). The van der Waals surface area contributed by atoms with Crippen LogP contribution in [0.2, 0.25) is 0 Å². The number of nitrogens with zero attached hydrogens (tertiary/aromatic N) is 2. The number of rotatable bonds is 7. The summed E-state index contributed by atoms with van der Waals surface area (Å²) < 4.78 is 5.01. The number of benzene rings is 1. The summed E-state index contributed by atoms with van der Waals surface area (Å²) in [6, 6.07) is 7.28. The molecule has 0 aliphatic heterocycles. The molecule has 0 radical (unpaired) electrons. The van der Waals surface area contributed by atoms with Gasteiger partial charge < -0.3 is 4.74 Å². The Kier molecular flexibility index (Phi) is 6.07. The number of carbonyl (C=O) groups is 1. The first-order valence-corrected chi connectivity index (χ1v) is 7.79. The van der Waals surface area contributed by atoms with E-state index >= 15 is 0 Å². The van der Waals surface area contributed by atoms with E-state index in [1.807, 2.05) is 18.3 Å². The Morgan fingerprint density at radius 1 is 1.05 bits per heavy atom. The van der Waals surface area contributed by atoms with Gasteiger partial charge in [0.1, 0.15) is 5.75 Å². The van der Waals surface area contributed by atoms with Crippen LogP contribution in [0.5, 0.6) is 5.75 Å². The van der Waals surface area contributed by atoms with Crippen molar-refractivity contribution in [3.05, 3.63) is 42.4 Å². The Balaban J connectivity index is 1.96. The normalized spacial score (nSPS) is 10.5. The lowest BCUT2D eigenvalue weighted by molar-refractivity contribution is -0.131. The second-order valence-electron chi connectivity index (χ2n) is 5.32. The van der Waals surface area contributed by atoms with E-state index in [1.165, 1.54) is 32.6 Å². The van der Waals surface area contributed by atoms with Crippen LogP contribution in [0.25, 0.3) is 11.3 Å². The quantitative estimate of drug-likeness (QED) is 0.437. The molecule has 116 valence electrons. The highest BCUT2D eigenvalue weighted by molar-refractivity contribution is 5.69. The molecule has 0 fully saturated rings. The van der Waals surface area contributed by atoms with Crippen LogP contribution in [0, 0.1) is 0 Å². The summed E-state index contributed by atoms with van der Waals surface area (Å²) in [5, 5.41) is 0. The SMILES string of the molecule is CCCCCCc1cnc(-c2ccc(OC(C)=O)cc2)cn1. The minimum Gasteiger partial charge on any atom is -0.427 e. The van der Waals surface area contributed by atoms with E-state index in [0.29, 0.717) is 5.75 Å². The van der Waals surface area contributed by atoms with Gasteiger partial charge in [0.15, 0.2) is 0 Å². The number of hydrogen-bond acceptors (Lipinski definition) is 4. The van der Waals surface area contributed by atoms with Gasteiger partial charge in [-0.3, -0.25) is 14.8 Å². The van der Waals surface area contributed by atoms with E-state index < -0.39 is 0 Å². The highest BCUT2D eigenvalue weighted by atomic mass is 16.5. The molecule has 1 heterocycles. The lowest BCUT2D eigenvalue weighted by atomic mass is 10.1. The van der Waals surface area contributed by atoms with Crippen LogP contribution in [0.15, 0.2) is 36.7 Å². The molecule has 4 nitrogen and oxygen atoms in total. The Hall–Kier alpha value is -2.23. The van der Waals surface area contributed by atoms with Gasteiger partial charge in [-0.25, -0.2) is 0 Å². The molecule has 22 heavy (non-hydrogen) atoms. The van der Waals surface area contributed by atoms with E-state index in [4.69, 9.17) is 4.74 Å². The average molecular weight is 298 g/mol. The van der Waals surface area contributed by atoms with Gasteiger partial charge in [0, 0.05) is 18.7 Å². The van der Waals surface area contributed by atoms with Crippen molar-refractivity contribution in [1.29, 1.82) is 0 Å². The van der Waals surface area contributed by atoms with Gasteiger partial charge in [0.25, 0.3) is 0 Å². The average Bonchev–Trinajstić information content (AvgIpc) is 2.52. The molecule has 0 saturated heterocycles. The predicted octanol–water partition coefficient (Wildman–Crippen LogP) is 4.19. The third-order valence-electron chi connectivity index (χ3n) is 3.40. The van der Waals surface area contributed by atoms with Gasteiger partial charge in [-0.05, 0) is 37.1 Å². The summed E-state index contributed by atoms with van der Waals surface area (Å²) >= 11 is 0. The number of unbranched alkanes of at least 4 members (excludes halogenated alkanes) is 3. The van der Waals surface area contributed by atoms with Crippen LogP contribution in [0.4, 0.5) is 0 Å². The van der Waals surface area contributed by atoms with Gasteiger partial charge in [-0.15, -0.1) is 0 Å². The topological polar surface area (TPSA) is 52.1 Å². The van der Waals surface area contributed by atoms with Gasteiger partial charge in [0.2, 0.25) is 0 Å². The number of aromatic nitrogens is 2. The number of hydrogen-bond donors (Lipinski definition) is 0. The van der Waals surface area contributed by atoms with Crippen molar-refractivity contribution in [2.45, 2.75) is 46.0 Å². The molecule has 1 aromatic heterocycles. The maximum Gasteiger partial charge on any atom is 0.308 e. The molecule has 0 atom stereocenters. The van der Waals surface area contributed by atoms with E-state index in [-0.39, 0.29) is 5.97 Å². The summed E-state index contributed by atoms with van der Waals surface area (Å²) in [6.45, 7) is 3.60. The second-order valence-corrected chi connectivity index (χ2v) is 5.32. The zero-order valence-corrected chi connectivity index (χ0v) is 13.2. The molecule has 2 aromatic rings. The van der Waals surface area contributed by atoms with E-state index in [0.717, 1.165) is 23.4 Å². The van der Waals surface area contributed by atoms with Crippen molar-refractivity contribution in [3.63, 3.8) is 0 Å². The fraction of sp³-hybridized carbons (Fsp3) is 0.389. The predicted molar refractivity (Wildman–Crippen MR) is 86.6 cm³/mol. The molecule has 1 aromatic carbocycles. The number of carbonyl (C=O) groups excluding carboxylic acids is 1. The molecule has 0 aliphatic carbocycles. The van der Waals surface area contributed by atoms with Crippen molar-refractivity contribution in [3.8, 4) is 17.0 Å². The summed E-state index contributed by atoms with van der Waals surface area (Å²) in [6.07, 6.45) is 9.57. The van der Waals surface area contributed by atoms with Gasteiger partial charge in [0.05, 0.1) is 17.6 Å². The monoisotopic (exact) mass is 298 g/mol. The molecule has 0 N–H and O–H groups in total. The number of esters is 1. The lowest BCUT2D eigenvalue weighted by Gasteiger charge is -2.05. The standard InChI is InChI=1S/C18H22N2O2/c1-3-4-5-6-7-16-12-20-18(13-19-16)15-8-10-17(11-9-15)22-14(2)21/h8-13H,3-7H2,1-2H3. The fourth-order valence-electron chi connectivity index (χ4n) is 2.23. The molecular formula is C18H22N2O2. The first-order chi connectivity index (χ1) is 10.7. The summed E-state index contributed by atoms with van der Waals surface area (Å²) in [4.78, 5) is 19.8. The van der Waals surface area contributed by atoms with Crippen molar-refractivity contribution in [2.75, 3.05) is 0 Å². The van der Waals surface area contributed by atoms with E-state index in [2.05, 4.69) is 16.9 Å². The Labute approximate surface area is 131 Å². The van der Waals surface area contributed by atoms with E-state index in [1.54, 1.807) is 18.3 Å². The molecular weight excluding hydrogens is 276 g/mol. The summed E-state index contributed by atoms with van der Waals surface area (Å²) in [5.74, 6) is 0.219. The van der Waals surface area contributed by atoms with E-state index in [9.17, 15) is 4.79 Å². The zero-order valence-electron chi connectivity index (χ0n) is 13.2. The first kappa shape index (κ1) is 16.1. The maximum absolute atomic E-state index is 10.9. The Morgan fingerprint density at radius 3 is 2.41 bits per heavy atom. The minimum atomic E-state index is -0.319. The van der Waals surface area contributed by atoms with Crippen LogP contribution >= 0.6 is 0 Å². The van der Waals surface area contributed by atoms with Gasteiger partial charge in [-0.1, -0.05) is 26.2 Å². The summed E-state index contributed by atoms with van der Waals surface area (Å²) in [7, 11) is 0. The highest BCUT2D eigenvalue weighted by Crippen LogP contribution is 2.20. The van der Waals surface area contributed by atoms with Crippen LogP contribution in [0.1, 0.15) is 45.2 Å². The van der Waals surface area contributed by atoms with Crippen molar-refractivity contribution in [1.82, 2.24) is 9.97 Å². The molecule has 4 heteroatoms. The van der Waals surface area contributed by atoms with Crippen molar-refractivity contribution < 1.29 is 9.53 Å². The van der Waals surface area contributed by atoms with Crippen LogP contribution < -0.4 is 4.74 Å². The number of ether oxygens (including phenoxy) is 1. The van der Waals surface area contributed by atoms with Crippen LogP contribution in [-0.4, -0.2) is 15.9 Å². The Morgan fingerprint density at radius 2 is 1.82 bits per heavy atom. The third kappa shape index (κ3) is 4.95. The van der Waals surface area contributed by atoms with Crippen molar-refractivity contribution >= 4 is 5.97 Å². The largest absolute Gasteiger partial charge is 0.427 e. The van der Waals surface area contributed by atoms with Crippen molar-refractivity contribution in [2.24, 2.45) is 0 Å². The molecule has 0 amide bonds. The number of aryl methyl sites for hydroxylation is 1. The Bertz CT molecular complexity index is 591. The first-order valence-electron chi connectivity index (χ1n) is 7.79. The lowest BCUT2D eigenvalue weighted by Crippen LogP contribution is -2.01. The third-order valence-corrected chi connectivity index (χ3v) is 3.40. The van der Waals surface area contributed by atoms with Gasteiger partial charge in [-0.2, -0.15) is 0 Å². The smallest absolute Gasteiger partial charge is 0.308 e. The van der Waals surface area contributed by atoms with Gasteiger partial charge >= 0.3 is 5.97 Å². The molecule has 0 aliphatic rings. The summed E-state index contributed by atoms with van der Waals surface area (Å²) in [5.41, 5.74) is 2.82. The molecule has 0 bridgehead atoms.